The summed E-state index contributed by atoms with van der Waals surface area (Å²) in [6.07, 6.45) is 0.433. The van der Waals surface area contributed by atoms with E-state index in [2.05, 4.69) is 6.92 Å². The van der Waals surface area contributed by atoms with Crippen LogP contribution in [0.25, 0.3) is 0 Å². The molecule has 0 radical (unpaired) electrons. The van der Waals surface area contributed by atoms with Crippen LogP contribution in [0.1, 0.15) is 24.2 Å². The number of primary amides is 1. The SMILES string of the molecule is CC(SCCC(N)=O)c1ccc(Cl)cc1. The maximum Gasteiger partial charge on any atom is 0.218 e. The van der Waals surface area contributed by atoms with E-state index >= 15 is 0 Å². The Balaban J connectivity index is 2.43. The lowest BCUT2D eigenvalue weighted by molar-refractivity contribution is -0.117. The first-order chi connectivity index (χ1) is 7.09. The number of hydrogen-bond donors (Lipinski definition) is 1. The molecule has 0 spiro atoms. The standard InChI is InChI=1S/C11H14ClNOS/c1-8(15-7-6-11(13)14)9-2-4-10(12)5-3-9/h2-5,8H,6-7H2,1H3,(H2,13,14). The van der Waals surface area contributed by atoms with Crippen LogP contribution in [0.5, 0.6) is 0 Å². The van der Waals surface area contributed by atoms with Crippen LogP contribution in [-0.2, 0) is 4.79 Å². The lowest BCUT2D eigenvalue weighted by Gasteiger charge is -2.10. The van der Waals surface area contributed by atoms with Crippen LogP contribution >= 0.6 is 23.4 Å². The maximum absolute atomic E-state index is 10.6. The van der Waals surface area contributed by atoms with Gasteiger partial charge < -0.3 is 5.73 Å². The Labute approximate surface area is 99.2 Å². The van der Waals surface area contributed by atoms with E-state index < -0.39 is 0 Å². The quantitative estimate of drug-likeness (QED) is 0.864. The number of amides is 1. The van der Waals surface area contributed by atoms with Crippen molar-refractivity contribution in [1.29, 1.82) is 0 Å². The zero-order valence-corrected chi connectivity index (χ0v) is 10.1. The average Bonchev–Trinajstić information content (AvgIpc) is 2.18. The normalized spacial score (nSPS) is 12.4. The molecule has 2 N–H and O–H groups in total. The van der Waals surface area contributed by atoms with E-state index in [-0.39, 0.29) is 5.91 Å². The summed E-state index contributed by atoms with van der Waals surface area (Å²) in [6.45, 7) is 2.11. The topological polar surface area (TPSA) is 43.1 Å². The molecule has 0 aliphatic heterocycles. The molecule has 1 aromatic carbocycles. The van der Waals surface area contributed by atoms with Gasteiger partial charge in [0.15, 0.2) is 0 Å². The van der Waals surface area contributed by atoms with Crippen LogP contribution in [0.4, 0.5) is 0 Å². The Hall–Kier alpha value is -0.670. The lowest BCUT2D eigenvalue weighted by Crippen LogP contribution is -2.11. The molecule has 0 aliphatic rings. The largest absolute Gasteiger partial charge is 0.370 e. The molecular formula is C11H14ClNOS. The van der Waals surface area contributed by atoms with Gasteiger partial charge in [-0.05, 0) is 24.6 Å². The molecular weight excluding hydrogens is 230 g/mol. The molecule has 1 amide bonds. The highest BCUT2D eigenvalue weighted by Gasteiger charge is 2.06. The molecule has 1 aromatic rings. The molecule has 0 aliphatic carbocycles. The van der Waals surface area contributed by atoms with E-state index in [1.54, 1.807) is 11.8 Å². The van der Waals surface area contributed by atoms with E-state index in [1.807, 2.05) is 24.3 Å². The zero-order chi connectivity index (χ0) is 11.3. The molecule has 1 atom stereocenters. The highest BCUT2D eigenvalue weighted by Crippen LogP contribution is 2.29. The van der Waals surface area contributed by atoms with Crippen molar-refractivity contribution in [2.24, 2.45) is 5.73 Å². The Morgan fingerprint density at radius 1 is 1.47 bits per heavy atom. The highest BCUT2D eigenvalue weighted by atomic mass is 35.5. The van der Waals surface area contributed by atoms with Crippen LogP contribution in [0.15, 0.2) is 24.3 Å². The smallest absolute Gasteiger partial charge is 0.218 e. The van der Waals surface area contributed by atoms with Crippen molar-refractivity contribution in [1.82, 2.24) is 0 Å². The molecule has 0 aromatic heterocycles. The average molecular weight is 244 g/mol. The molecule has 0 saturated carbocycles. The fourth-order valence-electron chi connectivity index (χ4n) is 1.17. The first-order valence-electron chi connectivity index (χ1n) is 4.75. The molecule has 2 nitrogen and oxygen atoms in total. The van der Waals surface area contributed by atoms with Crippen LogP contribution in [-0.4, -0.2) is 11.7 Å². The van der Waals surface area contributed by atoms with Gasteiger partial charge >= 0.3 is 0 Å². The van der Waals surface area contributed by atoms with Crippen LogP contribution in [0.2, 0.25) is 5.02 Å². The van der Waals surface area contributed by atoms with Gasteiger partial charge in [-0.2, -0.15) is 11.8 Å². The van der Waals surface area contributed by atoms with Crippen molar-refractivity contribution in [3.8, 4) is 0 Å². The van der Waals surface area contributed by atoms with Gasteiger partial charge in [-0.3, -0.25) is 4.79 Å². The summed E-state index contributed by atoms with van der Waals surface area (Å²) in [5.41, 5.74) is 6.28. The summed E-state index contributed by atoms with van der Waals surface area (Å²) in [5.74, 6) is 0.518. The second-order valence-electron chi connectivity index (χ2n) is 3.28. The first kappa shape index (κ1) is 12.4. The minimum atomic E-state index is -0.245. The van der Waals surface area contributed by atoms with Gasteiger partial charge in [0.1, 0.15) is 0 Å². The van der Waals surface area contributed by atoms with Crippen LogP contribution in [0, 0.1) is 0 Å². The summed E-state index contributed by atoms with van der Waals surface area (Å²) in [5, 5.41) is 1.11. The minimum absolute atomic E-state index is 0.245. The summed E-state index contributed by atoms with van der Waals surface area (Å²) >= 11 is 7.51. The summed E-state index contributed by atoms with van der Waals surface area (Å²) in [4.78, 5) is 10.6. The number of thioether (sulfide) groups is 1. The molecule has 0 fully saturated rings. The lowest BCUT2D eigenvalue weighted by atomic mass is 10.2. The monoisotopic (exact) mass is 243 g/mol. The Bertz CT molecular complexity index is 326. The Morgan fingerprint density at radius 3 is 2.60 bits per heavy atom. The number of nitrogens with two attached hydrogens (primary N) is 1. The number of halogens is 1. The van der Waals surface area contributed by atoms with Gasteiger partial charge in [0.2, 0.25) is 5.91 Å². The molecule has 82 valence electrons. The second kappa shape index (κ2) is 6.03. The molecule has 15 heavy (non-hydrogen) atoms. The van der Waals surface area contributed by atoms with E-state index in [9.17, 15) is 4.79 Å². The van der Waals surface area contributed by atoms with Gasteiger partial charge in [-0.15, -0.1) is 0 Å². The van der Waals surface area contributed by atoms with E-state index in [4.69, 9.17) is 17.3 Å². The predicted molar refractivity (Wildman–Crippen MR) is 66.1 cm³/mol. The number of benzene rings is 1. The number of carbonyl (C=O) groups is 1. The van der Waals surface area contributed by atoms with Crippen molar-refractivity contribution in [3.63, 3.8) is 0 Å². The van der Waals surface area contributed by atoms with Gasteiger partial charge in [-0.1, -0.05) is 23.7 Å². The Morgan fingerprint density at radius 2 is 2.07 bits per heavy atom. The molecule has 0 saturated heterocycles. The van der Waals surface area contributed by atoms with Crippen molar-refractivity contribution < 1.29 is 4.79 Å². The maximum atomic E-state index is 10.6. The molecule has 0 bridgehead atoms. The van der Waals surface area contributed by atoms with Crippen molar-refractivity contribution in [2.45, 2.75) is 18.6 Å². The minimum Gasteiger partial charge on any atom is -0.370 e. The summed E-state index contributed by atoms with van der Waals surface area (Å²) < 4.78 is 0. The predicted octanol–water partition coefficient (Wildman–Crippen LogP) is 3.01. The first-order valence-corrected chi connectivity index (χ1v) is 6.17. The van der Waals surface area contributed by atoms with Crippen LogP contribution < -0.4 is 5.73 Å². The molecule has 1 unspecified atom stereocenters. The second-order valence-corrected chi connectivity index (χ2v) is 5.17. The summed E-state index contributed by atoms with van der Waals surface area (Å²) in [6, 6.07) is 7.76. The van der Waals surface area contributed by atoms with E-state index in [0.717, 1.165) is 10.8 Å². The highest BCUT2D eigenvalue weighted by molar-refractivity contribution is 7.99. The van der Waals surface area contributed by atoms with Gasteiger partial charge in [0.05, 0.1) is 0 Å². The van der Waals surface area contributed by atoms with Gasteiger partial charge in [0.25, 0.3) is 0 Å². The number of carbonyl (C=O) groups excluding carboxylic acids is 1. The van der Waals surface area contributed by atoms with Crippen molar-refractivity contribution in [2.75, 3.05) is 5.75 Å². The zero-order valence-electron chi connectivity index (χ0n) is 8.57. The fraction of sp³-hybridized carbons (Fsp3) is 0.364. The summed E-state index contributed by atoms with van der Waals surface area (Å²) in [7, 11) is 0. The molecule has 0 heterocycles. The molecule has 4 heteroatoms. The third kappa shape index (κ3) is 4.58. The van der Waals surface area contributed by atoms with E-state index in [1.165, 1.54) is 5.56 Å². The Kier molecular flexibility index (Phi) is 4.99. The third-order valence-electron chi connectivity index (χ3n) is 2.06. The van der Waals surface area contributed by atoms with Crippen LogP contribution in [0.3, 0.4) is 0 Å². The fourth-order valence-corrected chi connectivity index (χ4v) is 2.31. The van der Waals surface area contributed by atoms with Crippen molar-refractivity contribution >= 4 is 29.3 Å². The van der Waals surface area contributed by atoms with Gasteiger partial charge in [-0.25, -0.2) is 0 Å². The van der Waals surface area contributed by atoms with E-state index in [0.29, 0.717) is 11.7 Å². The van der Waals surface area contributed by atoms with Gasteiger partial charge in [0, 0.05) is 22.4 Å². The number of rotatable bonds is 5. The van der Waals surface area contributed by atoms with Crippen molar-refractivity contribution in [3.05, 3.63) is 34.9 Å². The third-order valence-corrected chi connectivity index (χ3v) is 3.52. The molecule has 1 rings (SSSR count). The number of hydrogen-bond acceptors (Lipinski definition) is 2.